The average Bonchev–Trinajstić information content (AvgIpc) is 3.56. The van der Waals surface area contributed by atoms with Gasteiger partial charge in [-0.1, -0.05) is 12.1 Å². The van der Waals surface area contributed by atoms with Crippen LogP contribution in [0.3, 0.4) is 0 Å². The maximum absolute atomic E-state index is 13.0. The molecule has 2 atom stereocenters. The molecule has 9 nitrogen and oxygen atoms in total. The molecular weight excluding hydrogens is 454 g/mol. The largest absolute Gasteiger partial charge is 0.497 e. The lowest BCUT2D eigenvalue weighted by molar-refractivity contribution is -0.132. The van der Waals surface area contributed by atoms with Crippen molar-refractivity contribution in [3.05, 3.63) is 40.8 Å². The van der Waals surface area contributed by atoms with E-state index in [1.54, 1.807) is 19.4 Å². The highest BCUT2D eigenvalue weighted by molar-refractivity contribution is 7.17. The number of fused-ring (bicyclic) bond motifs is 3. The van der Waals surface area contributed by atoms with Crippen LogP contribution < -0.4 is 15.4 Å². The van der Waals surface area contributed by atoms with Crippen LogP contribution in [-0.2, 0) is 16.0 Å². The van der Waals surface area contributed by atoms with Gasteiger partial charge in [-0.25, -0.2) is 9.78 Å². The van der Waals surface area contributed by atoms with Crippen molar-refractivity contribution in [3.8, 4) is 5.75 Å². The van der Waals surface area contributed by atoms with E-state index in [1.165, 1.54) is 11.3 Å². The van der Waals surface area contributed by atoms with Crippen LogP contribution in [0.1, 0.15) is 35.7 Å². The molecule has 4 heterocycles. The number of thiophene rings is 1. The zero-order valence-corrected chi connectivity index (χ0v) is 20.0. The molecule has 0 saturated carbocycles. The minimum Gasteiger partial charge on any atom is -0.497 e. The Morgan fingerprint density at radius 2 is 1.97 bits per heavy atom. The fourth-order valence-corrected chi connectivity index (χ4v) is 5.83. The van der Waals surface area contributed by atoms with Crippen molar-refractivity contribution < 1.29 is 19.1 Å². The van der Waals surface area contributed by atoms with E-state index in [4.69, 9.17) is 15.2 Å². The Morgan fingerprint density at radius 3 is 2.65 bits per heavy atom. The SMILES string of the molecule is CCOC(=O)c1csc2nc(N)nc(N3CC4CC3CN4C(=O)CCc3ccc(OC)cc3)c12. The number of hydrogen-bond donors (Lipinski definition) is 1. The van der Waals surface area contributed by atoms with Gasteiger partial charge in [0.1, 0.15) is 16.4 Å². The first-order valence-corrected chi connectivity index (χ1v) is 12.3. The zero-order chi connectivity index (χ0) is 23.8. The Kier molecular flexibility index (Phi) is 5.99. The molecule has 1 aromatic carbocycles. The highest BCUT2D eigenvalue weighted by Crippen LogP contribution is 2.40. The summed E-state index contributed by atoms with van der Waals surface area (Å²) in [6.45, 7) is 3.36. The number of nitrogen functional groups attached to an aromatic ring is 1. The van der Waals surface area contributed by atoms with Gasteiger partial charge in [-0.05, 0) is 37.5 Å². The second-order valence-electron chi connectivity index (χ2n) is 8.55. The summed E-state index contributed by atoms with van der Waals surface area (Å²) in [5.74, 6) is 1.42. The standard InChI is InChI=1S/C24H27N5O4S/c1-3-33-23(31)18-13-34-22-20(18)21(26-24(25)27-22)29-12-15-10-16(29)11-28(15)19(30)9-6-14-4-7-17(32-2)8-5-14/h4-5,7-8,13,15-16H,3,6,9-12H2,1-2H3,(H2,25,26,27). The number of amides is 1. The predicted molar refractivity (Wildman–Crippen MR) is 130 cm³/mol. The maximum Gasteiger partial charge on any atom is 0.339 e. The number of aryl methyl sites for hydroxylation is 1. The van der Waals surface area contributed by atoms with Gasteiger partial charge >= 0.3 is 5.97 Å². The summed E-state index contributed by atoms with van der Waals surface area (Å²) in [6, 6.07) is 8.07. The lowest BCUT2D eigenvalue weighted by Crippen LogP contribution is -2.49. The van der Waals surface area contributed by atoms with Crippen molar-refractivity contribution in [2.24, 2.45) is 0 Å². The van der Waals surface area contributed by atoms with E-state index in [1.807, 2.05) is 29.2 Å². The van der Waals surface area contributed by atoms with E-state index in [2.05, 4.69) is 14.9 Å². The van der Waals surface area contributed by atoms with Crippen molar-refractivity contribution in [2.75, 3.05) is 37.4 Å². The number of methoxy groups -OCH3 is 1. The number of nitrogens with two attached hydrogens (primary N) is 1. The van der Waals surface area contributed by atoms with Gasteiger partial charge in [0.25, 0.3) is 0 Å². The summed E-state index contributed by atoms with van der Waals surface area (Å²) in [6.07, 6.45) is 2.04. The summed E-state index contributed by atoms with van der Waals surface area (Å²) >= 11 is 1.36. The third-order valence-corrected chi connectivity index (χ3v) is 7.42. The highest BCUT2D eigenvalue weighted by Gasteiger charge is 2.46. The molecule has 0 spiro atoms. The van der Waals surface area contributed by atoms with Gasteiger partial charge in [0.05, 0.1) is 36.8 Å². The molecule has 5 rings (SSSR count). The number of rotatable bonds is 7. The van der Waals surface area contributed by atoms with Crippen LogP contribution in [0.4, 0.5) is 11.8 Å². The van der Waals surface area contributed by atoms with Crippen molar-refractivity contribution in [1.82, 2.24) is 14.9 Å². The minimum atomic E-state index is -0.386. The first-order valence-electron chi connectivity index (χ1n) is 11.4. The molecule has 2 aliphatic heterocycles. The van der Waals surface area contributed by atoms with Gasteiger partial charge in [0.15, 0.2) is 0 Å². The van der Waals surface area contributed by atoms with Gasteiger partial charge in [0, 0.05) is 24.9 Å². The number of nitrogens with zero attached hydrogens (tertiary/aromatic N) is 4. The molecule has 0 radical (unpaired) electrons. The predicted octanol–water partition coefficient (Wildman–Crippen LogP) is 2.88. The summed E-state index contributed by atoms with van der Waals surface area (Å²) in [5.41, 5.74) is 7.57. The van der Waals surface area contributed by atoms with E-state index < -0.39 is 0 Å². The van der Waals surface area contributed by atoms with Crippen LogP contribution in [0.25, 0.3) is 10.2 Å². The summed E-state index contributed by atoms with van der Waals surface area (Å²) in [7, 11) is 1.64. The number of anilines is 2. The quantitative estimate of drug-likeness (QED) is 0.513. The van der Waals surface area contributed by atoms with E-state index in [0.717, 1.165) is 17.7 Å². The first-order chi connectivity index (χ1) is 16.5. The van der Waals surface area contributed by atoms with E-state index in [0.29, 0.717) is 54.1 Å². The molecule has 2 aromatic heterocycles. The number of likely N-dealkylation sites (tertiary alicyclic amines) is 1. The Balaban J connectivity index is 1.30. The second kappa shape index (κ2) is 9.09. The molecule has 0 aliphatic carbocycles. The van der Waals surface area contributed by atoms with Crippen LogP contribution in [0, 0.1) is 0 Å². The molecule has 3 aromatic rings. The van der Waals surface area contributed by atoms with Gasteiger partial charge in [-0.2, -0.15) is 4.98 Å². The maximum atomic E-state index is 13.0. The molecule has 2 saturated heterocycles. The topological polar surface area (TPSA) is 111 Å². The van der Waals surface area contributed by atoms with Crippen LogP contribution >= 0.6 is 11.3 Å². The van der Waals surface area contributed by atoms with Crippen LogP contribution in [0.2, 0.25) is 0 Å². The second-order valence-corrected chi connectivity index (χ2v) is 9.40. The molecule has 2 N–H and O–H groups in total. The normalized spacial score (nSPS) is 19.1. The Bertz CT molecular complexity index is 1230. The van der Waals surface area contributed by atoms with Crippen molar-refractivity contribution in [2.45, 2.75) is 38.3 Å². The zero-order valence-electron chi connectivity index (χ0n) is 19.2. The van der Waals surface area contributed by atoms with Crippen molar-refractivity contribution in [1.29, 1.82) is 0 Å². The lowest BCUT2D eigenvalue weighted by atomic mass is 10.1. The summed E-state index contributed by atoms with van der Waals surface area (Å²) < 4.78 is 10.4. The highest BCUT2D eigenvalue weighted by atomic mass is 32.1. The third-order valence-electron chi connectivity index (χ3n) is 6.55. The van der Waals surface area contributed by atoms with Gasteiger partial charge in [-0.15, -0.1) is 11.3 Å². The molecule has 34 heavy (non-hydrogen) atoms. The molecule has 2 bridgehead atoms. The molecular formula is C24H27N5O4S. The fraction of sp³-hybridized carbons (Fsp3) is 0.417. The number of esters is 1. The molecule has 2 unspecified atom stereocenters. The van der Waals surface area contributed by atoms with Crippen LogP contribution in [0.5, 0.6) is 5.75 Å². The molecule has 2 fully saturated rings. The summed E-state index contributed by atoms with van der Waals surface area (Å²) in [4.78, 5) is 39.2. The Hall–Kier alpha value is -3.40. The number of carbonyl (C=O) groups is 2. The molecule has 10 heteroatoms. The number of benzene rings is 1. The van der Waals surface area contributed by atoms with Crippen molar-refractivity contribution >= 4 is 45.2 Å². The van der Waals surface area contributed by atoms with E-state index in [9.17, 15) is 9.59 Å². The number of piperazine rings is 1. The van der Waals surface area contributed by atoms with Gasteiger partial charge < -0.3 is 25.0 Å². The number of hydrogen-bond acceptors (Lipinski definition) is 9. The Morgan fingerprint density at radius 1 is 1.18 bits per heavy atom. The summed E-state index contributed by atoms with van der Waals surface area (Å²) in [5, 5.41) is 2.44. The van der Waals surface area contributed by atoms with Crippen LogP contribution in [0.15, 0.2) is 29.6 Å². The Labute approximate surface area is 201 Å². The van der Waals surface area contributed by atoms with E-state index >= 15 is 0 Å². The number of carbonyl (C=O) groups excluding carboxylic acids is 2. The minimum absolute atomic E-state index is 0.115. The lowest BCUT2D eigenvalue weighted by Gasteiger charge is -2.35. The molecule has 2 aliphatic rings. The average molecular weight is 482 g/mol. The molecule has 1 amide bonds. The number of aromatic nitrogens is 2. The third kappa shape index (κ3) is 4.02. The van der Waals surface area contributed by atoms with Gasteiger partial charge in [-0.3, -0.25) is 4.79 Å². The van der Waals surface area contributed by atoms with Crippen molar-refractivity contribution in [3.63, 3.8) is 0 Å². The van der Waals surface area contributed by atoms with E-state index in [-0.39, 0.29) is 29.9 Å². The smallest absolute Gasteiger partial charge is 0.339 e. The number of ether oxygens (including phenoxy) is 2. The molecule has 178 valence electrons. The fourth-order valence-electron chi connectivity index (χ4n) is 4.93. The monoisotopic (exact) mass is 481 g/mol. The van der Waals surface area contributed by atoms with Gasteiger partial charge in [0.2, 0.25) is 11.9 Å². The first kappa shape index (κ1) is 22.4. The van der Waals surface area contributed by atoms with Crippen LogP contribution in [-0.4, -0.2) is 65.6 Å².